The van der Waals surface area contributed by atoms with Crippen LogP contribution in [0.3, 0.4) is 0 Å². The average molecular weight is 271 g/mol. The molecule has 0 bridgehead atoms. The smallest absolute Gasteiger partial charge is 0.132 e. The molecule has 106 valence electrons. The Morgan fingerprint density at radius 1 is 1.20 bits per heavy atom. The molecule has 2 heterocycles. The fourth-order valence-electron chi connectivity index (χ4n) is 2.01. The second kappa shape index (κ2) is 8.19. The van der Waals surface area contributed by atoms with E-state index in [4.69, 9.17) is 0 Å². The summed E-state index contributed by atoms with van der Waals surface area (Å²) in [6.45, 7) is 3.17. The first-order chi connectivity index (χ1) is 9.90. The average Bonchev–Trinajstić information content (AvgIpc) is 2.51. The summed E-state index contributed by atoms with van der Waals surface area (Å²) in [6.07, 6.45) is 10.5. The van der Waals surface area contributed by atoms with Gasteiger partial charge in [0.2, 0.25) is 0 Å². The minimum atomic E-state index is 0.852. The molecule has 0 radical (unpaired) electrons. The topological polar surface area (TPSA) is 63.6 Å². The van der Waals surface area contributed by atoms with E-state index >= 15 is 0 Å². The Labute approximate surface area is 119 Å². The van der Waals surface area contributed by atoms with Crippen LogP contribution in [0.2, 0.25) is 0 Å². The molecule has 0 fully saturated rings. The molecular formula is C15H21N5. The van der Waals surface area contributed by atoms with Crippen molar-refractivity contribution in [1.29, 1.82) is 0 Å². The molecule has 2 aromatic heterocycles. The molecular weight excluding hydrogens is 250 g/mol. The van der Waals surface area contributed by atoms with Crippen LogP contribution in [0.4, 0.5) is 5.82 Å². The van der Waals surface area contributed by atoms with Crippen molar-refractivity contribution in [3.8, 4) is 0 Å². The Morgan fingerprint density at radius 3 is 2.95 bits per heavy atom. The molecule has 5 nitrogen and oxygen atoms in total. The van der Waals surface area contributed by atoms with Gasteiger partial charge in [-0.05, 0) is 31.4 Å². The molecule has 2 aromatic rings. The quantitative estimate of drug-likeness (QED) is 0.748. The highest BCUT2D eigenvalue weighted by Crippen LogP contribution is 2.13. The molecule has 0 unspecified atom stereocenters. The molecule has 0 atom stereocenters. The van der Waals surface area contributed by atoms with Crippen LogP contribution in [0.1, 0.15) is 37.4 Å². The Bertz CT molecular complexity index is 501. The number of hydrogen-bond donors (Lipinski definition) is 1. The number of rotatable bonds is 8. The molecule has 0 saturated carbocycles. The van der Waals surface area contributed by atoms with Gasteiger partial charge in [0.15, 0.2) is 0 Å². The summed E-state index contributed by atoms with van der Waals surface area (Å²) >= 11 is 0. The first-order valence-corrected chi connectivity index (χ1v) is 7.19. The molecule has 0 amide bonds. The fraction of sp³-hybridized carbons (Fsp3) is 0.467. The zero-order valence-electron chi connectivity index (χ0n) is 11.9. The van der Waals surface area contributed by atoms with E-state index in [0.717, 1.165) is 36.5 Å². The maximum atomic E-state index is 4.33. The van der Waals surface area contributed by atoms with Crippen LogP contribution < -0.4 is 5.32 Å². The number of nitrogens with zero attached hydrogens (tertiary/aromatic N) is 4. The zero-order chi connectivity index (χ0) is 14.0. The van der Waals surface area contributed by atoms with Gasteiger partial charge in [-0.2, -0.15) is 10.2 Å². The van der Waals surface area contributed by atoms with Gasteiger partial charge in [0, 0.05) is 24.5 Å². The van der Waals surface area contributed by atoms with Gasteiger partial charge in [0.25, 0.3) is 0 Å². The van der Waals surface area contributed by atoms with Crippen LogP contribution in [0.5, 0.6) is 0 Å². The predicted molar refractivity (Wildman–Crippen MR) is 79.5 cm³/mol. The van der Waals surface area contributed by atoms with Gasteiger partial charge in [-0.3, -0.25) is 0 Å². The lowest BCUT2D eigenvalue weighted by Crippen LogP contribution is -2.07. The van der Waals surface area contributed by atoms with Crippen molar-refractivity contribution in [2.45, 2.75) is 39.0 Å². The zero-order valence-corrected chi connectivity index (χ0v) is 11.9. The third-order valence-electron chi connectivity index (χ3n) is 3.14. The number of nitrogens with one attached hydrogen (secondary N) is 1. The standard InChI is InChI=1S/C15H21N5/c1-2-3-4-9-17-15-13(11-16-12-18-15)7-8-14-6-5-10-19-20-14/h5-6,10-12H,2-4,7-9H2,1H3,(H,16,17,18). The Hall–Kier alpha value is -2.04. The molecule has 2 rings (SSSR count). The van der Waals surface area contributed by atoms with E-state index < -0.39 is 0 Å². The van der Waals surface area contributed by atoms with Gasteiger partial charge in [-0.25, -0.2) is 9.97 Å². The van der Waals surface area contributed by atoms with Crippen LogP contribution in [0.25, 0.3) is 0 Å². The Balaban J connectivity index is 1.90. The second-order valence-electron chi connectivity index (χ2n) is 4.75. The summed E-state index contributed by atoms with van der Waals surface area (Å²) in [5.74, 6) is 0.944. The van der Waals surface area contributed by atoms with E-state index in [0.29, 0.717) is 0 Å². The summed E-state index contributed by atoms with van der Waals surface area (Å²) in [5.41, 5.74) is 2.13. The van der Waals surface area contributed by atoms with Crippen molar-refractivity contribution in [3.63, 3.8) is 0 Å². The van der Waals surface area contributed by atoms with Gasteiger partial charge in [-0.1, -0.05) is 19.8 Å². The van der Waals surface area contributed by atoms with E-state index in [1.807, 2.05) is 18.3 Å². The molecule has 0 aliphatic carbocycles. The number of aryl methyl sites for hydroxylation is 2. The monoisotopic (exact) mass is 271 g/mol. The third-order valence-corrected chi connectivity index (χ3v) is 3.14. The lowest BCUT2D eigenvalue weighted by atomic mass is 10.1. The molecule has 1 N–H and O–H groups in total. The third kappa shape index (κ3) is 4.57. The van der Waals surface area contributed by atoms with Crippen LogP contribution in [-0.2, 0) is 12.8 Å². The maximum absolute atomic E-state index is 4.33. The lowest BCUT2D eigenvalue weighted by molar-refractivity contribution is 0.740. The normalized spacial score (nSPS) is 10.4. The lowest BCUT2D eigenvalue weighted by Gasteiger charge is -2.09. The highest BCUT2D eigenvalue weighted by atomic mass is 15.1. The molecule has 0 aromatic carbocycles. The highest BCUT2D eigenvalue weighted by molar-refractivity contribution is 5.42. The summed E-state index contributed by atoms with van der Waals surface area (Å²) in [5, 5.41) is 11.4. The first kappa shape index (κ1) is 14.4. The Morgan fingerprint density at radius 2 is 2.15 bits per heavy atom. The predicted octanol–water partition coefficient (Wildman–Crippen LogP) is 2.65. The maximum Gasteiger partial charge on any atom is 0.132 e. The Kier molecular flexibility index (Phi) is 5.89. The summed E-state index contributed by atoms with van der Waals surface area (Å²) < 4.78 is 0. The van der Waals surface area contributed by atoms with Crippen molar-refractivity contribution in [1.82, 2.24) is 20.2 Å². The minimum Gasteiger partial charge on any atom is -0.370 e. The molecule has 0 spiro atoms. The fourth-order valence-corrected chi connectivity index (χ4v) is 2.01. The van der Waals surface area contributed by atoms with Crippen molar-refractivity contribution in [2.75, 3.05) is 11.9 Å². The molecule has 0 aliphatic rings. The summed E-state index contributed by atoms with van der Waals surface area (Å²) in [7, 11) is 0. The minimum absolute atomic E-state index is 0.852. The van der Waals surface area contributed by atoms with E-state index in [9.17, 15) is 0 Å². The number of aromatic nitrogens is 4. The molecule has 20 heavy (non-hydrogen) atoms. The summed E-state index contributed by atoms with van der Waals surface area (Å²) in [6, 6.07) is 3.90. The first-order valence-electron chi connectivity index (χ1n) is 7.19. The van der Waals surface area contributed by atoms with E-state index in [1.54, 1.807) is 12.5 Å². The molecule has 0 saturated heterocycles. The van der Waals surface area contributed by atoms with Gasteiger partial charge in [-0.15, -0.1) is 0 Å². The van der Waals surface area contributed by atoms with Crippen molar-refractivity contribution in [2.24, 2.45) is 0 Å². The molecule has 5 heteroatoms. The SMILES string of the molecule is CCCCCNc1ncncc1CCc1cccnn1. The van der Waals surface area contributed by atoms with E-state index in [2.05, 4.69) is 32.4 Å². The van der Waals surface area contributed by atoms with Crippen LogP contribution >= 0.6 is 0 Å². The molecule has 0 aliphatic heterocycles. The number of anilines is 1. The number of unbranched alkanes of at least 4 members (excludes halogenated alkanes) is 2. The highest BCUT2D eigenvalue weighted by Gasteiger charge is 2.04. The van der Waals surface area contributed by atoms with E-state index in [-0.39, 0.29) is 0 Å². The van der Waals surface area contributed by atoms with Crippen molar-refractivity contribution in [3.05, 3.63) is 42.1 Å². The second-order valence-corrected chi connectivity index (χ2v) is 4.75. The van der Waals surface area contributed by atoms with Crippen LogP contribution in [0, 0.1) is 0 Å². The largest absolute Gasteiger partial charge is 0.370 e. The van der Waals surface area contributed by atoms with Crippen molar-refractivity contribution >= 4 is 5.82 Å². The summed E-state index contributed by atoms with van der Waals surface area (Å²) in [4.78, 5) is 8.45. The van der Waals surface area contributed by atoms with Gasteiger partial charge in [0.05, 0.1) is 5.69 Å². The van der Waals surface area contributed by atoms with Gasteiger partial charge in [0.1, 0.15) is 12.1 Å². The van der Waals surface area contributed by atoms with Crippen LogP contribution in [-0.4, -0.2) is 26.7 Å². The van der Waals surface area contributed by atoms with Crippen LogP contribution in [0.15, 0.2) is 30.9 Å². The van der Waals surface area contributed by atoms with Gasteiger partial charge >= 0.3 is 0 Å². The van der Waals surface area contributed by atoms with Crippen molar-refractivity contribution < 1.29 is 0 Å². The number of hydrogen-bond acceptors (Lipinski definition) is 5. The van der Waals surface area contributed by atoms with E-state index in [1.165, 1.54) is 19.3 Å². The van der Waals surface area contributed by atoms with Gasteiger partial charge < -0.3 is 5.32 Å².